The predicted molar refractivity (Wildman–Crippen MR) is 88.4 cm³/mol. The Morgan fingerprint density at radius 3 is 2.79 bits per heavy atom. The number of rotatable bonds is 6. The number of fused-ring (bicyclic) bond motifs is 1. The van der Waals surface area contributed by atoms with Crippen molar-refractivity contribution in [2.24, 2.45) is 0 Å². The van der Waals surface area contributed by atoms with E-state index in [2.05, 4.69) is 4.98 Å². The van der Waals surface area contributed by atoms with Gasteiger partial charge in [0.25, 0.3) is 0 Å². The molecule has 0 spiro atoms. The van der Waals surface area contributed by atoms with Crippen LogP contribution in [0.5, 0.6) is 5.75 Å². The number of carboxylic acid groups (broad SMARTS) is 1. The van der Waals surface area contributed by atoms with E-state index >= 15 is 0 Å². The van der Waals surface area contributed by atoms with Crippen LogP contribution in [0.15, 0.2) is 41.9 Å². The summed E-state index contributed by atoms with van der Waals surface area (Å²) in [6.07, 6.45) is 4.84. The van der Waals surface area contributed by atoms with E-state index in [-0.39, 0.29) is 5.78 Å². The lowest BCUT2D eigenvalue weighted by molar-refractivity contribution is -0.307. The van der Waals surface area contributed by atoms with Gasteiger partial charge in [-0.05, 0) is 36.4 Å². The topological polar surface area (TPSA) is 83.7 Å². The number of imidazole rings is 1. The third-order valence-electron chi connectivity index (χ3n) is 3.14. The molecule has 0 amide bonds. The molecular formula is C16H10ClN2O4S-. The first-order valence-electron chi connectivity index (χ1n) is 6.81. The van der Waals surface area contributed by atoms with E-state index in [1.54, 1.807) is 22.6 Å². The number of hydrogen-bond donors (Lipinski definition) is 0. The Morgan fingerprint density at radius 2 is 2.08 bits per heavy atom. The van der Waals surface area contributed by atoms with Crippen molar-refractivity contribution in [2.45, 2.75) is 0 Å². The number of carbonyl (C=O) groups is 2. The third-order valence-corrected chi connectivity index (χ3v) is 4.18. The Balaban J connectivity index is 1.73. The zero-order valence-corrected chi connectivity index (χ0v) is 13.7. The lowest BCUT2D eigenvalue weighted by Crippen LogP contribution is -2.28. The van der Waals surface area contributed by atoms with Gasteiger partial charge in [-0.15, -0.1) is 11.3 Å². The number of thiazole rings is 1. The van der Waals surface area contributed by atoms with Crippen LogP contribution >= 0.6 is 22.9 Å². The maximum absolute atomic E-state index is 12.2. The zero-order chi connectivity index (χ0) is 17.1. The smallest absolute Gasteiger partial charge is 0.195 e. The van der Waals surface area contributed by atoms with Crippen molar-refractivity contribution in [3.63, 3.8) is 0 Å². The summed E-state index contributed by atoms with van der Waals surface area (Å²) in [6.45, 7) is -0.538. The molecule has 0 aliphatic carbocycles. The first kappa shape index (κ1) is 16.2. The minimum atomic E-state index is -1.31. The number of hydrogen-bond acceptors (Lipinski definition) is 6. The Morgan fingerprint density at radius 1 is 1.33 bits per heavy atom. The molecule has 0 aliphatic rings. The lowest BCUT2D eigenvalue weighted by Gasteiger charge is -2.06. The van der Waals surface area contributed by atoms with Crippen molar-refractivity contribution < 1.29 is 19.4 Å². The van der Waals surface area contributed by atoms with E-state index in [1.165, 1.54) is 29.5 Å². The highest BCUT2D eigenvalue weighted by Gasteiger charge is 2.09. The second-order valence-corrected chi connectivity index (χ2v) is 5.96. The largest absolute Gasteiger partial charge is 0.546 e. The van der Waals surface area contributed by atoms with Gasteiger partial charge in [-0.3, -0.25) is 9.20 Å². The lowest BCUT2D eigenvalue weighted by atomic mass is 10.1. The van der Waals surface area contributed by atoms with Crippen molar-refractivity contribution >= 4 is 45.7 Å². The molecule has 6 nitrogen and oxygen atoms in total. The number of ether oxygens (including phenoxy) is 1. The predicted octanol–water partition coefficient (Wildman–Crippen LogP) is 2.07. The van der Waals surface area contributed by atoms with Crippen LogP contribution in [0, 0.1) is 0 Å². The van der Waals surface area contributed by atoms with Gasteiger partial charge in [0.2, 0.25) is 0 Å². The Kier molecular flexibility index (Phi) is 4.64. The molecule has 3 rings (SSSR count). The number of allylic oxidation sites excluding steroid dienone is 1. The summed E-state index contributed by atoms with van der Waals surface area (Å²) in [4.78, 5) is 27.5. The Hall–Kier alpha value is -2.64. The molecule has 24 heavy (non-hydrogen) atoms. The van der Waals surface area contributed by atoms with Crippen molar-refractivity contribution in [3.8, 4) is 5.75 Å². The van der Waals surface area contributed by atoms with E-state index in [0.717, 1.165) is 4.96 Å². The molecular weight excluding hydrogens is 352 g/mol. The van der Waals surface area contributed by atoms with Crippen LogP contribution < -0.4 is 9.84 Å². The summed E-state index contributed by atoms with van der Waals surface area (Å²) in [5, 5.41) is 12.5. The molecule has 2 heterocycles. The van der Waals surface area contributed by atoms with Gasteiger partial charge >= 0.3 is 0 Å². The molecule has 122 valence electrons. The molecule has 8 heteroatoms. The molecule has 0 aliphatic heterocycles. The van der Waals surface area contributed by atoms with Crippen LogP contribution in [-0.4, -0.2) is 27.7 Å². The number of carboxylic acids is 1. The summed E-state index contributed by atoms with van der Waals surface area (Å²) in [5.74, 6) is -1.18. The van der Waals surface area contributed by atoms with Gasteiger partial charge in [0, 0.05) is 17.1 Å². The fourth-order valence-electron chi connectivity index (χ4n) is 2.03. The molecule has 3 aromatic rings. The molecule has 0 saturated carbocycles. The summed E-state index contributed by atoms with van der Waals surface area (Å²) in [5.41, 5.74) is 1.07. The maximum Gasteiger partial charge on any atom is 0.195 e. The standard InChI is InChI=1S/C16H11ClN2O4S/c17-15-12(19-7-8-24-16(19)18-15)5-6-13(20)10-1-3-11(4-2-10)23-9-14(21)22/h1-8H,9H2,(H,21,22)/p-1/b6-5+. The summed E-state index contributed by atoms with van der Waals surface area (Å²) >= 11 is 7.51. The first-order valence-corrected chi connectivity index (χ1v) is 8.06. The van der Waals surface area contributed by atoms with Crippen molar-refractivity contribution in [2.75, 3.05) is 6.61 Å². The quantitative estimate of drug-likeness (QED) is 0.495. The molecule has 1 aromatic carbocycles. The highest BCUT2D eigenvalue weighted by atomic mass is 35.5. The Bertz CT molecular complexity index is 927. The van der Waals surface area contributed by atoms with Gasteiger partial charge in [0.05, 0.1) is 11.7 Å². The van der Waals surface area contributed by atoms with Crippen LogP contribution in [0.1, 0.15) is 16.1 Å². The fraction of sp³-hybridized carbons (Fsp3) is 0.0625. The normalized spacial score (nSPS) is 11.2. The second-order valence-electron chi connectivity index (χ2n) is 4.73. The fourth-order valence-corrected chi connectivity index (χ4v) is 3.04. The molecule has 2 aromatic heterocycles. The number of ketones is 1. The van der Waals surface area contributed by atoms with Crippen LogP contribution in [0.4, 0.5) is 0 Å². The summed E-state index contributed by atoms with van der Waals surface area (Å²) in [7, 11) is 0. The number of halogens is 1. The van der Waals surface area contributed by atoms with Crippen LogP contribution in [-0.2, 0) is 4.79 Å². The van der Waals surface area contributed by atoms with E-state index in [4.69, 9.17) is 16.3 Å². The monoisotopic (exact) mass is 361 g/mol. The number of benzene rings is 1. The number of nitrogens with zero attached hydrogens (tertiary/aromatic N) is 2. The summed E-state index contributed by atoms with van der Waals surface area (Å²) < 4.78 is 6.76. The number of carbonyl (C=O) groups excluding carboxylic acids is 2. The number of aromatic nitrogens is 2. The molecule has 0 unspecified atom stereocenters. The average Bonchev–Trinajstić information content (AvgIpc) is 3.12. The molecule has 0 N–H and O–H groups in total. The Labute approximate surface area is 145 Å². The van der Waals surface area contributed by atoms with Crippen LogP contribution in [0.25, 0.3) is 11.0 Å². The van der Waals surface area contributed by atoms with Gasteiger partial charge in [-0.2, -0.15) is 0 Å². The van der Waals surface area contributed by atoms with Gasteiger partial charge in [-0.25, -0.2) is 4.98 Å². The third kappa shape index (κ3) is 3.47. The second kappa shape index (κ2) is 6.86. The maximum atomic E-state index is 12.2. The molecule has 0 saturated heterocycles. The van der Waals surface area contributed by atoms with Crippen LogP contribution in [0.2, 0.25) is 5.15 Å². The first-order chi connectivity index (χ1) is 11.5. The van der Waals surface area contributed by atoms with E-state index < -0.39 is 12.6 Å². The van der Waals surface area contributed by atoms with Crippen LogP contribution in [0.3, 0.4) is 0 Å². The van der Waals surface area contributed by atoms with Crippen molar-refractivity contribution in [1.82, 2.24) is 9.38 Å². The minimum absolute atomic E-state index is 0.220. The van der Waals surface area contributed by atoms with E-state index in [0.29, 0.717) is 22.2 Å². The zero-order valence-electron chi connectivity index (χ0n) is 12.1. The summed E-state index contributed by atoms with van der Waals surface area (Å²) in [6, 6.07) is 6.14. The molecule has 0 radical (unpaired) electrons. The van der Waals surface area contributed by atoms with E-state index in [9.17, 15) is 14.7 Å². The van der Waals surface area contributed by atoms with Crippen molar-refractivity contribution in [1.29, 1.82) is 0 Å². The van der Waals surface area contributed by atoms with Crippen molar-refractivity contribution in [3.05, 3.63) is 58.3 Å². The van der Waals surface area contributed by atoms with E-state index in [1.807, 2.05) is 11.6 Å². The molecule has 0 bridgehead atoms. The van der Waals surface area contributed by atoms with Gasteiger partial charge in [0.1, 0.15) is 12.4 Å². The highest BCUT2D eigenvalue weighted by molar-refractivity contribution is 7.15. The van der Waals surface area contributed by atoms with Gasteiger partial charge in [-0.1, -0.05) is 11.6 Å². The number of aliphatic carboxylic acids is 1. The SMILES string of the molecule is O=C([O-])COc1ccc(C(=O)/C=C/c2c(Cl)nc3sccn23)cc1. The average molecular weight is 362 g/mol. The minimum Gasteiger partial charge on any atom is -0.546 e. The van der Waals surface area contributed by atoms with Gasteiger partial charge in [0.15, 0.2) is 15.9 Å². The molecule has 0 atom stereocenters. The van der Waals surface area contributed by atoms with Gasteiger partial charge < -0.3 is 14.6 Å². The molecule has 0 fully saturated rings. The highest BCUT2D eigenvalue weighted by Crippen LogP contribution is 2.22.